The number of halogens is 1. The van der Waals surface area contributed by atoms with Crippen molar-refractivity contribution in [1.82, 2.24) is 0 Å². The molecular weight excluding hydrogens is 298 g/mol. The summed E-state index contributed by atoms with van der Waals surface area (Å²) < 4.78 is 5.15. The van der Waals surface area contributed by atoms with E-state index in [-0.39, 0.29) is 6.42 Å². The quantitative estimate of drug-likeness (QED) is 0.855. The molecule has 0 bridgehead atoms. The Labute approximate surface area is 126 Å². The molecule has 0 aliphatic carbocycles. The number of benzene rings is 1. The predicted octanol–water partition coefficient (Wildman–Crippen LogP) is 3.65. The van der Waals surface area contributed by atoms with Gasteiger partial charge in [-0.3, -0.25) is 4.79 Å². The van der Waals surface area contributed by atoms with E-state index >= 15 is 0 Å². The summed E-state index contributed by atoms with van der Waals surface area (Å²) in [5, 5.41) is 12.6. The number of ether oxygens (including phenoxy) is 1. The maximum Gasteiger partial charge on any atom is 0.308 e. The molecule has 1 aromatic carbocycles. The molecule has 6 heteroatoms. The second-order valence-corrected chi connectivity index (χ2v) is 5.80. The molecule has 2 N–H and O–H groups in total. The molecule has 20 heavy (non-hydrogen) atoms. The van der Waals surface area contributed by atoms with Crippen molar-refractivity contribution in [2.75, 3.05) is 12.4 Å². The first kappa shape index (κ1) is 14.7. The molecule has 0 amide bonds. The van der Waals surface area contributed by atoms with Gasteiger partial charge in [0.15, 0.2) is 0 Å². The Morgan fingerprint density at radius 2 is 2.10 bits per heavy atom. The monoisotopic (exact) mass is 311 g/mol. The van der Waals surface area contributed by atoms with Crippen LogP contribution in [0.4, 0.5) is 5.69 Å². The molecule has 0 saturated carbocycles. The highest BCUT2D eigenvalue weighted by molar-refractivity contribution is 7.12. The number of rotatable bonds is 6. The number of aliphatic carboxylic acids is 1. The van der Waals surface area contributed by atoms with E-state index in [1.165, 1.54) is 11.3 Å². The first-order valence-electron chi connectivity index (χ1n) is 5.95. The SMILES string of the molecule is COc1ccc(Cl)c(NCc2ccc(CC(=O)O)s2)c1. The largest absolute Gasteiger partial charge is 0.497 e. The van der Waals surface area contributed by atoms with Gasteiger partial charge >= 0.3 is 5.97 Å². The van der Waals surface area contributed by atoms with Gasteiger partial charge in [0.25, 0.3) is 0 Å². The van der Waals surface area contributed by atoms with Crippen LogP contribution < -0.4 is 10.1 Å². The van der Waals surface area contributed by atoms with E-state index in [0.717, 1.165) is 21.2 Å². The number of carboxylic acids is 1. The summed E-state index contributed by atoms with van der Waals surface area (Å²) in [4.78, 5) is 12.5. The van der Waals surface area contributed by atoms with E-state index in [1.807, 2.05) is 18.2 Å². The molecule has 2 rings (SSSR count). The van der Waals surface area contributed by atoms with Crippen LogP contribution in [0.5, 0.6) is 5.75 Å². The highest BCUT2D eigenvalue weighted by Gasteiger charge is 2.06. The lowest BCUT2D eigenvalue weighted by atomic mass is 10.3. The Balaban J connectivity index is 2.01. The highest BCUT2D eigenvalue weighted by Crippen LogP contribution is 2.28. The molecule has 2 aromatic rings. The smallest absolute Gasteiger partial charge is 0.308 e. The summed E-state index contributed by atoms with van der Waals surface area (Å²) in [6.07, 6.45) is 0.0601. The van der Waals surface area contributed by atoms with Gasteiger partial charge in [-0.25, -0.2) is 0 Å². The van der Waals surface area contributed by atoms with Gasteiger partial charge in [-0.2, -0.15) is 0 Å². The Hall–Kier alpha value is -1.72. The van der Waals surface area contributed by atoms with Crippen molar-refractivity contribution < 1.29 is 14.6 Å². The number of anilines is 1. The minimum absolute atomic E-state index is 0.0601. The average Bonchev–Trinajstić information content (AvgIpc) is 2.84. The average molecular weight is 312 g/mol. The van der Waals surface area contributed by atoms with Crippen molar-refractivity contribution in [3.05, 3.63) is 45.1 Å². The van der Waals surface area contributed by atoms with E-state index in [9.17, 15) is 4.79 Å². The second-order valence-electron chi connectivity index (χ2n) is 4.14. The molecule has 0 fully saturated rings. The molecule has 0 aliphatic rings. The molecule has 0 atom stereocenters. The number of methoxy groups -OCH3 is 1. The van der Waals surface area contributed by atoms with Crippen LogP contribution in [-0.2, 0) is 17.8 Å². The third kappa shape index (κ3) is 3.88. The summed E-state index contributed by atoms with van der Waals surface area (Å²) in [5.74, 6) is -0.0863. The minimum Gasteiger partial charge on any atom is -0.497 e. The fraction of sp³-hybridized carbons (Fsp3) is 0.214. The van der Waals surface area contributed by atoms with Crippen LogP contribution in [-0.4, -0.2) is 18.2 Å². The zero-order valence-corrected chi connectivity index (χ0v) is 12.4. The number of carbonyl (C=O) groups is 1. The summed E-state index contributed by atoms with van der Waals surface area (Å²) in [6, 6.07) is 9.15. The lowest BCUT2D eigenvalue weighted by Gasteiger charge is -2.09. The topological polar surface area (TPSA) is 58.6 Å². The number of hydrogen-bond acceptors (Lipinski definition) is 4. The first-order valence-corrected chi connectivity index (χ1v) is 7.14. The van der Waals surface area contributed by atoms with E-state index in [4.69, 9.17) is 21.4 Å². The van der Waals surface area contributed by atoms with Crippen LogP contribution in [0.2, 0.25) is 5.02 Å². The summed E-state index contributed by atoms with van der Waals surface area (Å²) in [7, 11) is 1.60. The van der Waals surface area contributed by atoms with Gasteiger partial charge in [-0.15, -0.1) is 11.3 Å². The molecule has 4 nitrogen and oxygen atoms in total. The van der Waals surface area contributed by atoms with Gasteiger partial charge < -0.3 is 15.2 Å². The van der Waals surface area contributed by atoms with Crippen molar-refractivity contribution in [2.24, 2.45) is 0 Å². The fourth-order valence-electron chi connectivity index (χ4n) is 1.71. The van der Waals surface area contributed by atoms with Crippen LogP contribution in [0.3, 0.4) is 0 Å². The lowest BCUT2D eigenvalue weighted by molar-refractivity contribution is -0.136. The molecule has 0 saturated heterocycles. The Morgan fingerprint density at radius 1 is 1.35 bits per heavy atom. The van der Waals surface area contributed by atoms with Gasteiger partial charge in [-0.05, 0) is 24.3 Å². The Kier molecular flexibility index (Phi) is 4.87. The summed E-state index contributed by atoms with van der Waals surface area (Å²) >= 11 is 7.58. The second kappa shape index (κ2) is 6.63. The Morgan fingerprint density at radius 3 is 2.80 bits per heavy atom. The van der Waals surface area contributed by atoms with Crippen LogP contribution in [0.1, 0.15) is 9.75 Å². The number of thiophene rings is 1. The van der Waals surface area contributed by atoms with Crippen LogP contribution in [0.15, 0.2) is 30.3 Å². The number of carboxylic acid groups (broad SMARTS) is 1. The molecule has 0 radical (unpaired) electrons. The van der Waals surface area contributed by atoms with Crippen molar-refractivity contribution in [1.29, 1.82) is 0 Å². The van der Waals surface area contributed by atoms with E-state index in [0.29, 0.717) is 11.6 Å². The maximum atomic E-state index is 10.6. The van der Waals surface area contributed by atoms with Crippen LogP contribution in [0, 0.1) is 0 Å². The van der Waals surface area contributed by atoms with Crippen molar-refractivity contribution in [3.8, 4) is 5.75 Å². The molecular formula is C14H14ClNO3S. The van der Waals surface area contributed by atoms with Gasteiger partial charge in [0, 0.05) is 22.4 Å². The van der Waals surface area contributed by atoms with Crippen molar-refractivity contribution >= 4 is 34.6 Å². The number of nitrogens with one attached hydrogen (secondary N) is 1. The zero-order chi connectivity index (χ0) is 14.5. The van der Waals surface area contributed by atoms with Gasteiger partial charge in [0.2, 0.25) is 0 Å². The molecule has 0 unspecified atom stereocenters. The molecule has 106 valence electrons. The highest BCUT2D eigenvalue weighted by atomic mass is 35.5. The van der Waals surface area contributed by atoms with E-state index in [2.05, 4.69) is 5.32 Å². The van der Waals surface area contributed by atoms with Crippen LogP contribution in [0.25, 0.3) is 0 Å². The van der Waals surface area contributed by atoms with E-state index in [1.54, 1.807) is 19.2 Å². The standard InChI is InChI=1S/C14H14ClNO3S/c1-19-9-2-5-12(15)13(6-9)16-8-11-4-3-10(20-11)7-14(17)18/h2-6,16H,7-8H2,1H3,(H,17,18). The first-order chi connectivity index (χ1) is 9.58. The molecule has 1 aromatic heterocycles. The van der Waals surface area contributed by atoms with Gasteiger partial charge in [-0.1, -0.05) is 11.6 Å². The van der Waals surface area contributed by atoms with Crippen LogP contribution >= 0.6 is 22.9 Å². The maximum absolute atomic E-state index is 10.6. The molecule has 1 heterocycles. The third-order valence-electron chi connectivity index (χ3n) is 2.67. The minimum atomic E-state index is -0.817. The summed E-state index contributed by atoms with van der Waals surface area (Å²) in [5.41, 5.74) is 0.791. The zero-order valence-electron chi connectivity index (χ0n) is 10.9. The molecule has 0 spiro atoms. The Bertz CT molecular complexity index is 612. The normalized spacial score (nSPS) is 10.3. The van der Waals surface area contributed by atoms with Gasteiger partial charge in [0.1, 0.15) is 5.75 Å². The summed E-state index contributed by atoms with van der Waals surface area (Å²) in [6.45, 7) is 0.594. The van der Waals surface area contributed by atoms with Crippen molar-refractivity contribution in [2.45, 2.75) is 13.0 Å². The fourth-order valence-corrected chi connectivity index (χ4v) is 2.84. The molecule has 0 aliphatic heterocycles. The predicted molar refractivity (Wildman–Crippen MR) is 81.0 cm³/mol. The number of hydrogen-bond donors (Lipinski definition) is 2. The van der Waals surface area contributed by atoms with Gasteiger partial charge in [0.05, 0.1) is 24.2 Å². The lowest BCUT2D eigenvalue weighted by Crippen LogP contribution is -1.99. The van der Waals surface area contributed by atoms with Crippen molar-refractivity contribution in [3.63, 3.8) is 0 Å². The van der Waals surface area contributed by atoms with E-state index < -0.39 is 5.97 Å². The third-order valence-corrected chi connectivity index (χ3v) is 4.08.